The van der Waals surface area contributed by atoms with Gasteiger partial charge < -0.3 is 10.6 Å². The zero-order valence-corrected chi connectivity index (χ0v) is 20.1. The monoisotopic (exact) mass is 479 g/mol. The third-order valence-electron chi connectivity index (χ3n) is 5.94. The minimum absolute atomic E-state index is 0.0561. The van der Waals surface area contributed by atoms with Crippen LogP contribution >= 0.6 is 11.6 Å². The maximum absolute atomic E-state index is 13.3. The molecule has 3 aromatic rings. The smallest absolute Gasteiger partial charge is 0.270 e. The Morgan fingerprint density at radius 1 is 1.06 bits per heavy atom. The van der Waals surface area contributed by atoms with Crippen molar-refractivity contribution in [3.63, 3.8) is 0 Å². The lowest BCUT2D eigenvalue weighted by Gasteiger charge is -2.31. The topological polar surface area (TPSA) is 79.3 Å². The van der Waals surface area contributed by atoms with Crippen molar-refractivity contribution in [2.24, 2.45) is 0 Å². The third-order valence-corrected chi connectivity index (χ3v) is 6.20. The lowest BCUT2D eigenvalue weighted by molar-refractivity contribution is -0.122. The standard InChI is InChI=1S/C26H30ClN5O2/c1-2-14-28-25(33)18-31-15-12-21(13-16-31)29-26(34)24-17-23(19-8-10-20(27)11-9-19)30-32(24)22-6-4-3-5-7-22/h3-11,17,21H,2,12-16,18H2,1H3,(H,28,33)(H,29,34). The minimum Gasteiger partial charge on any atom is -0.355 e. The number of piperidine rings is 1. The molecule has 0 radical (unpaired) electrons. The summed E-state index contributed by atoms with van der Waals surface area (Å²) in [4.78, 5) is 27.4. The molecule has 2 aromatic carbocycles. The lowest BCUT2D eigenvalue weighted by Crippen LogP contribution is -2.47. The van der Waals surface area contributed by atoms with E-state index in [9.17, 15) is 9.59 Å². The number of hydrogen-bond acceptors (Lipinski definition) is 4. The summed E-state index contributed by atoms with van der Waals surface area (Å²) in [5.74, 6) is -0.0958. The molecule has 0 aliphatic carbocycles. The highest BCUT2D eigenvalue weighted by molar-refractivity contribution is 6.30. The van der Waals surface area contributed by atoms with Crippen LogP contribution in [0, 0.1) is 0 Å². The highest BCUT2D eigenvalue weighted by atomic mass is 35.5. The average Bonchev–Trinajstić information content (AvgIpc) is 3.31. The molecule has 2 heterocycles. The summed E-state index contributed by atoms with van der Waals surface area (Å²) in [6.45, 7) is 4.71. The Hall–Kier alpha value is -3.16. The van der Waals surface area contributed by atoms with E-state index in [1.54, 1.807) is 4.68 Å². The molecule has 1 aromatic heterocycles. The van der Waals surface area contributed by atoms with E-state index >= 15 is 0 Å². The molecule has 0 bridgehead atoms. The normalized spacial score (nSPS) is 14.6. The first kappa shape index (κ1) is 24.0. The van der Waals surface area contributed by atoms with Crippen molar-refractivity contribution < 1.29 is 9.59 Å². The number of hydrogen-bond donors (Lipinski definition) is 2. The summed E-state index contributed by atoms with van der Waals surface area (Å²) in [6, 6.07) is 18.9. The van der Waals surface area contributed by atoms with Gasteiger partial charge >= 0.3 is 0 Å². The van der Waals surface area contributed by atoms with Gasteiger partial charge in [-0.25, -0.2) is 4.68 Å². The summed E-state index contributed by atoms with van der Waals surface area (Å²) < 4.78 is 1.69. The first-order valence-corrected chi connectivity index (χ1v) is 12.1. The summed E-state index contributed by atoms with van der Waals surface area (Å²) in [6.07, 6.45) is 2.53. The van der Waals surface area contributed by atoms with Gasteiger partial charge in [-0.1, -0.05) is 48.9 Å². The van der Waals surface area contributed by atoms with Gasteiger partial charge in [0.15, 0.2) is 0 Å². The summed E-state index contributed by atoms with van der Waals surface area (Å²) in [7, 11) is 0. The SMILES string of the molecule is CCCNC(=O)CN1CCC(NC(=O)c2cc(-c3ccc(Cl)cc3)nn2-c2ccccc2)CC1. The maximum atomic E-state index is 13.3. The quantitative estimate of drug-likeness (QED) is 0.513. The van der Waals surface area contributed by atoms with E-state index in [4.69, 9.17) is 16.7 Å². The van der Waals surface area contributed by atoms with Crippen LogP contribution in [-0.4, -0.2) is 58.7 Å². The molecule has 1 fully saturated rings. The second-order valence-electron chi connectivity index (χ2n) is 8.54. The van der Waals surface area contributed by atoms with Gasteiger partial charge in [-0.15, -0.1) is 0 Å². The van der Waals surface area contributed by atoms with Crippen molar-refractivity contribution in [2.45, 2.75) is 32.2 Å². The van der Waals surface area contributed by atoms with Gasteiger partial charge in [0, 0.05) is 36.3 Å². The van der Waals surface area contributed by atoms with Crippen LogP contribution in [0.5, 0.6) is 0 Å². The van der Waals surface area contributed by atoms with Crippen LogP contribution in [-0.2, 0) is 4.79 Å². The summed E-state index contributed by atoms with van der Waals surface area (Å²) >= 11 is 6.04. The molecule has 1 aliphatic rings. The van der Waals surface area contributed by atoms with Gasteiger partial charge in [-0.05, 0) is 49.6 Å². The molecule has 7 nitrogen and oxygen atoms in total. The van der Waals surface area contributed by atoms with Gasteiger partial charge in [0.1, 0.15) is 5.69 Å². The van der Waals surface area contributed by atoms with Gasteiger partial charge in [0.2, 0.25) is 5.91 Å². The Morgan fingerprint density at radius 2 is 1.76 bits per heavy atom. The number of halogens is 1. The highest BCUT2D eigenvalue weighted by Gasteiger charge is 2.25. The van der Waals surface area contributed by atoms with E-state index < -0.39 is 0 Å². The molecular formula is C26H30ClN5O2. The van der Waals surface area contributed by atoms with Crippen LogP contribution in [0.25, 0.3) is 16.9 Å². The first-order chi connectivity index (χ1) is 16.5. The molecule has 178 valence electrons. The van der Waals surface area contributed by atoms with Crippen LogP contribution in [0.1, 0.15) is 36.7 Å². The maximum Gasteiger partial charge on any atom is 0.270 e. The number of carbonyl (C=O) groups is 2. The van der Waals surface area contributed by atoms with E-state index in [1.807, 2.05) is 67.6 Å². The average molecular weight is 480 g/mol. The fraction of sp³-hybridized carbons (Fsp3) is 0.346. The van der Waals surface area contributed by atoms with Crippen molar-refractivity contribution in [2.75, 3.05) is 26.2 Å². The molecule has 2 amide bonds. The molecule has 0 unspecified atom stereocenters. The highest BCUT2D eigenvalue weighted by Crippen LogP contribution is 2.24. The predicted molar refractivity (Wildman–Crippen MR) is 134 cm³/mol. The molecule has 0 atom stereocenters. The third kappa shape index (κ3) is 6.04. The predicted octanol–water partition coefficient (Wildman–Crippen LogP) is 3.91. The lowest BCUT2D eigenvalue weighted by atomic mass is 10.0. The Morgan fingerprint density at radius 3 is 2.44 bits per heavy atom. The Balaban J connectivity index is 1.45. The van der Waals surface area contributed by atoms with E-state index in [2.05, 4.69) is 15.5 Å². The molecular weight excluding hydrogens is 450 g/mol. The van der Waals surface area contributed by atoms with Crippen molar-refractivity contribution in [1.29, 1.82) is 0 Å². The second kappa shape index (κ2) is 11.3. The van der Waals surface area contributed by atoms with Gasteiger partial charge in [0.05, 0.1) is 17.9 Å². The first-order valence-electron chi connectivity index (χ1n) is 11.7. The van der Waals surface area contributed by atoms with E-state index in [-0.39, 0.29) is 17.9 Å². The zero-order chi connectivity index (χ0) is 23.9. The second-order valence-corrected chi connectivity index (χ2v) is 8.98. The van der Waals surface area contributed by atoms with E-state index in [0.717, 1.165) is 43.6 Å². The van der Waals surface area contributed by atoms with E-state index in [0.29, 0.717) is 29.5 Å². The molecule has 2 N–H and O–H groups in total. The van der Waals surface area contributed by atoms with E-state index in [1.165, 1.54) is 0 Å². The number of para-hydroxylation sites is 1. The fourth-order valence-electron chi connectivity index (χ4n) is 4.09. The molecule has 34 heavy (non-hydrogen) atoms. The van der Waals surface area contributed by atoms with Crippen molar-refractivity contribution >= 4 is 23.4 Å². The number of rotatable bonds is 8. The summed E-state index contributed by atoms with van der Waals surface area (Å²) in [5.41, 5.74) is 2.90. The summed E-state index contributed by atoms with van der Waals surface area (Å²) in [5, 5.41) is 11.5. The van der Waals surface area contributed by atoms with Crippen LogP contribution in [0.15, 0.2) is 60.7 Å². The number of carbonyl (C=O) groups excluding carboxylic acids is 2. The van der Waals surface area contributed by atoms with Crippen LogP contribution in [0.3, 0.4) is 0 Å². The molecule has 0 saturated carbocycles. The molecule has 1 saturated heterocycles. The largest absolute Gasteiger partial charge is 0.355 e. The zero-order valence-electron chi connectivity index (χ0n) is 19.3. The number of aromatic nitrogens is 2. The van der Waals surface area contributed by atoms with Gasteiger partial charge in [-0.3, -0.25) is 14.5 Å². The molecule has 1 aliphatic heterocycles. The van der Waals surface area contributed by atoms with Crippen LogP contribution in [0.4, 0.5) is 0 Å². The minimum atomic E-state index is -0.157. The molecule has 0 spiro atoms. The Bertz CT molecular complexity index is 1110. The molecule has 8 heteroatoms. The number of nitrogens with zero attached hydrogens (tertiary/aromatic N) is 3. The van der Waals surface area contributed by atoms with Gasteiger partial charge in [-0.2, -0.15) is 5.10 Å². The number of nitrogens with one attached hydrogen (secondary N) is 2. The Kier molecular flexibility index (Phi) is 7.98. The van der Waals surface area contributed by atoms with Gasteiger partial charge in [0.25, 0.3) is 5.91 Å². The van der Waals surface area contributed by atoms with Crippen molar-refractivity contribution in [1.82, 2.24) is 25.3 Å². The van der Waals surface area contributed by atoms with Crippen LogP contribution in [0.2, 0.25) is 5.02 Å². The number of likely N-dealkylation sites (tertiary alicyclic amines) is 1. The van der Waals surface area contributed by atoms with Crippen molar-refractivity contribution in [3.05, 3.63) is 71.4 Å². The Labute approximate surface area is 205 Å². The fourth-order valence-corrected chi connectivity index (χ4v) is 4.21. The number of amides is 2. The molecule has 4 rings (SSSR count). The number of benzene rings is 2. The van der Waals surface area contributed by atoms with Crippen LogP contribution < -0.4 is 10.6 Å². The van der Waals surface area contributed by atoms with Crippen molar-refractivity contribution in [3.8, 4) is 16.9 Å².